The highest BCUT2D eigenvalue weighted by Crippen LogP contribution is 2.27. The van der Waals surface area contributed by atoms with E-state index in [1.807, 2.05) is 0 Å². The zero-order chi connectivity index (χ0) is 15.2. The Hall–Kier alpha value is -0.770. The van der Waals surface area contributed by atoms with Crippen molar-refractivity contribution in [1.82, 2.24) is 10.2 Å². The van der Waals surface area contributed by atoms with Crippen LogP contribution in [0.15, 0.2) is 24.3 Å². The van der Waals surface area contributed by atoms with Crippen LogP contribution in [0.1, 0.15) is 31.2 Å². The lowest BCUT2D eigenvalue weighted by Gasteiger charge is -2.35. The topological polar surface area (TPSA) is 24.5 Å². The van der Waals surface area contributed by atoms with E-state index < -0.39 is 0 Å². The van der Waals surface area contributed by atoms with Crippen LogP contribution in [-0.4, -0.2) is 44.7 Å². The van der Waals surface area contributed by atoms with Gasteiger partial charge in [0.1, 0.15) is 5.75 Å². The molecule has 130 valence electrons. The van der Waals surface area contributed by atoms with E-state index >= 15 is 0 Å². The number of para-hydroxylation sites is 1. The van der Waals surface area contributed by atoms with Crippen molar-refractivity contribution < 1.29 is 4.74 Å². The van der Waals surface area contributed by atoms with Gasteiger partial charge in [0, 0.05) is 6.54 Å². The van der Waals surface area contributed by atoms with Crippen molar-refractivity contribution in [2.75, 3.05) is 39.8 Å². The Bertz CT molecular complexity index is 454. The molecule has 2 heterocycles. The number of hydrogen-bond donors (Lipinski definition) is 1. The smallest absolute Gasteiger partial charge is 0.122 e. The van der Waals surface area contributed by atoms with Crippen molar-refractivity contribution >= 4 is 12.4 Å². The number of ether oxygens (including phenoxy) is 1. The van der Waals surface area contributed by atoms with Crippen molar-refractivity contribution in [3.8, 4) is 5.75 Å². The Morgan fingerprint density at radius 3 is 2.43 bits per heavy atom. The van der Waals surface area contributed by atoms with E-state index in [9.17, 15) is 0 Å². The van der Waals surface area contributed by atoms with Gasteiger partial charge in [0.25, 0.3) is 0 Å². The molecule has 2 aliphatic heterocycles. The summed E-state index contributed by atoms with van der Waals surface area (Å²) in [7, 11) is 1.78. The third-order valence-corrected chi connectivity index (χ3v) is 5.38. The maximum atomic E-state index is 5.49. The molecule has 0 aromatic heterocycles. The maximum absolute atomic E-state index is 5.49. The second-order valence-electron chi connectivity index (χ2n) is 6.95. The standard InChI is InChI=1S/C19H30N2O.ClH/c1-22-19-5-3-2-4-18(19)14-16-8-12-21(13-9-16)15-17-6-10-20-11-7-17;/h2-5,16-17,20H,6-15H2,1H3;1H. The molecular weight excluding hydrogens is 308 g/mol. The first-order valence-corrected chi connectivity index (χ1v) is 8.90. The molecule has 2 saturated heterocycles. The van der Waals surface area contributed by atoms with Gasteiger partial charge in [-0.15, -0.1) is 12.4 Å². The zero-order valence-electron chi connectivity index (χ0n) is 14.3. The average molecular weight is 339 g/mol. The summed E-state index contributed by atoms with van der Waals surface area (Å²) in [4.78, 5) is 2.70. The third-order valence-electron chi connectivity index (χ3n) is 5.38. The molecule has 0 atom stereocenters. The highest BCUT2D eigenvalue weighted by molar-refractivity contribution is 5.85. The highest BCUT2D eigenvalue weighted by atomic mass is 35.5. The monoisotopic (exact) mass is 338 g/mol. The Balaban J connectivity index is 0.00000192. The SMILES string of the molecule is COc1ccccc1CC1CCN(CC2CCNCC2)CC1.Cl. The van der Waals surface area contributed by atoms with E-state index in [1.165, 1.54) is 70.4 Å². The number of benzene rings is 1. The molecule has 23 heavy (non-hydrogen) atoms. The molecule has 3 nitrogen and oxygen atoms in total. The van der Waals surface area contributed by atoms with E-state index in [0.29, 0.717) is 0 Å². The zero-order valence-corrected chi connectivity index (χ0v) is 15.1. The first kappa shape index (κ1) is 18.6. The molecular formula is C19H31ClN2O. The summed E-state index contributed by atoms with van der Waals surface area (Å²) in [5, 5.41) is 3.47. The van der Waals surface area contributed by atoms with Gasteiger partial charge in [-0.2, -0.15) is 0 Å². The van der Waals surface area contributed by atoms with Gasteiger partial charge in [0.05, 0.1) is 7.11 Å². The number of halogens is 1. The van der Waals surface area contributed by atoms with Crippen molar-refractivity contribution in [3.63, 3.8) is 0 Å². The van der Waals surface area contributed by atoms with Crippen LogP contribution in [0.25, 0.3) is 0 Å². The minimum atomic E-state index is 0. The summed E-state index contributed by atoms with van der Waals surface area (Å²) in [5.41, 5.74) is 1.38. The van der Waals surface area contributed by atoms with Gasteiger partial charge < -0.3 is 15.0 Å². The minimum Gasteiger partial charge on any atom is -0.496 e. The molecule has 2 fully saturated rings. The molecule has 0 bridgehead atoms. The molecule has 0 saturated carbocycles. The quantitative estimate of drug-likeness (QED) is 0.890. The molecule has 1 aromatic carbocycles. The summed E-state index contributed by atoms with van der Waals surface area (Å²) in [6, 6.07) is 8.50. The van der Waals surface area contributed by atoms with Crippen molar-refractivity contribution in [1.29, 1.82) is 0 Å². The second-order valence-corrected chi connectivity index (χ2v) is 6.95. The minimum absolute atomic E-state index is 0. The predicted molar refractivity (Wildman–Crippen MR) is 98.7 cm³/mol. The Morgan fingerprint density at radius 1 is 1.04 bits per heavy atom. The molecule has 1 N–H and O–H groups in total. The van der Waals surface area contributed by atoms with Gasteiger partial charge in [-0.3, -0.25) is 0 Å². The van der Waals surface area contributed by atoms with Gasteiger partial charge in [0.2, 0.25) is 0 Å². The van der Waals surface area contributed by atoms with Gasteiger partial charge in [-0.1, -0.05) is 18.2 Å². The van der Waals surface area contributed by atoms with Crippen LogP contribution < -0.4 is 10.1 Å². The average Bonchev–Trinajstić information content (AvgIpc) is 2.58. The Kier molecular flexibility index (Phi) is 7.68. The van der Waals surface area contributed by atoms with Gasteiger partial charge in [0.15, 0.2) is 0 Å². The fraction of sp³-hybridized carbons (Fsp3) is 0.684. The summed E-state index contributed by atoms with van der Waals surface area (Å²) < 4.78 is 5.49. The lowest BCUT2D eigenvalue weighted by Crippen LogP contribution is -2.40. The Labute approximate surface area is 147 Å². The van der Waals surface area contributed by atoms with Crippen LogP contribution in [-0.2, 0) is 6.42 Å². The molecule has 0 amide bonds. The van der Waals surface area contributed by atoms with E-state index in [4.69, 9.17) is 4.74 Å². The lowest BCUT2D eigenvalue weighted by atomic mass is 9.89. The number of methoxy groups -OCH3 is 1. The van der Waals surface area contributed by atoms with Crippen LogP contribution in [0.3, 0.4) is 0 Å². The fourth-order valence-electron chi connectivity index (χ4n) is 3.99. The first-order valence-electron chi connectivity index (χ1n) is 8.90. The van der Waals surface area contributed by atoms with Crippen LogP contribution in [0.2, 0.25) is 0 Å². The molecule has 3 rings (SSSR count). The number of likely N-dealkylation sites (tertiary alicyclic amines) is 1. The van der Waals surface area contributed by atoms with E-state index in [1.54, 1.807) is 7.11 Å². The molecule has 2 aliphatic rings. The third kappa shape index (κ3) is 5.37. The first-order chi connectivity index (χ1) is 10.8. The number of piperidine rings is 2. The number of hydrogen-bond acceptors (Lipinski definition) is 3. The van der Waals surface area contributed by atoms with Crippen molar-refractivity contribution in [2.24, 2.45) is 11.8 Å². The van der Waals surface area contributed by atoms with Crippen LogP contribution in [0.4, 0.5) is 0 Å². The predicted octanol–water partition coefficient (Wildman–Crippen LogP) is 3.37. The normalized spacial score (nSPS) is 20.9. The number of nitrogens with zero attached hydrogens (tertiary/aromatic N) is 1. The summed E-state index contributed by atoms with van der Waals surface area (Å²) in [5.74, 6) is 2.80. The molecule has 4 heteroatoms. The van der Waals surface area contributed by atoms with Crippen LogP contribution in [0.5, 0.6) is 5.75 Å². The van der Waals surface area contributed by atoms with E-state index in [0.717, 1.165) is 17.6 Å². The van der Waals surface area contributed by atoms with Crippen LogP contribution >= 0.6 is 12.4 Å². The largest absolute Gasteiger partial charge is 0.496 e. The van der Waals surface area contributed by atoms with Crippen molar-refractivity contribution in [3.05, 3.63) is 29.8 Å². The van der Waals surface area contributed by atoms with Gasteiger partial charge in [-0.05, 0) is 81.7 Å². The second kappa shape index (κ2) is 9.51. The molecule has 0 unspecified atom stereocenters. The molecule has 0 spiro atoms. The molecule has 1 aromatic rings. The fourth-order valence-corrected chi connectivity index (χ4v) is 3.99. The summed E-state index contributed by atoms with van der Waals surface area (Å²) >= 11 is 0. The van der Waals surface area contributed by atoms with Gasteiger partial charge in [-0.25, -0.2) is 0 Å². The van der Waals surface area contributed by atoms with Crippen LogP contribution in [0, 0.1) is 11.8 Å². The van der Waals surface area contributed by atoms with Gasteiger partial charge >= 0.3 is 0 Å². The van der Waals surface area contributed by atoms with Crippen molar-refractivity contribution in [2.45, 2.75) is 32.1 Å². The highest BCUT2D eigenvalue weighted by Gasteiger charge is 2.23. The molecule has 0 radical (unpaired) electrons. The number of nitrogens with one attached hydrogen (secondary N) is 1. The summed E-state index contributed by atoms with van der Waals surface area (Å²) in [6.45, 7) is 6.32. The maximum Gasteiger partial charge on any atom is 0.122 e. The Morgan fingerprint density at radius 2 is 1.74 bits per heavy atom. The lowest BCUT2D eigenvalue weighted by molar-refractivity contribution is 0.148. The summed E-state index contributed by atoms with van der Waals surface area (Å²) in [6.07, 6.45) is 6.57. The molecule has 0 aliphatic carbocycles. The van der Waals surface area contributed by atoms with E-state index in [-0.39, 0.29) is 12.4 Å². The number of rotatable bonds is 5. The van der Waals surface area contributed by atoms with E-state index in [2.05, 4.69) is 34.5 Å².